The van der Waals surface area contributed by atoms with Crippen molar-refractivity contribution in [2.75, 3.05) is 68.1 Å². The summed E-state index contributed by atoms with van der Waals surface area (Å²) in [5, 5.41) is 0. The Kier molecular flexibility index (Phi) is 23.8. The van der Waals surface area contributed by atoms with Gasteiger partial charge in [0.25, 0.3) is 0 Å². The average Bonchev–Trinajstić information content (AvgIpc) is 3.29. The molecule has 0 heterocycles. The first-order valence-corrected chi connectivity index (χ1v) is 24.9. The Bertz CT molecular complexity index is 1770. The largest absolute Gasteiger partial charge is 0.501 e. The molecule has 2 aromatic rings. The van der Waals surface area contributed by atoms with Crippen molar-refractivity contribution >= 4 is 41.5 Å². The summed E-state index contributed by atoms with van der Waals surface area (Å²) in [6.45, 7) is 24.8. The highest BCUT2D eigenvalue weighted by Crippen LogP contribution is 2.34. The summed E-state index contributed by atoms with van der Waals surface area (Å²) in [5.74, 6) is -1.05. The second-order valence-corrected chi connectivity index (χ2v) is 21.6. The molecule has 0 saturated heterocycles. The van der Waals surface area contributed by atoms with E-state index in [4.69, 9.17) is 55.0 Å². The van der Waals surface area contributed by atoms with Crippen LogP contribution in [-0.4, -0.2) is 122 Å². The van der Waals surface area contributed by atoms with Crippen molar-refractivity contribution in [1.82, 2.24) is 0 Å². The minimum atomic E-state index is -3.33. The van der Waals surface area contributed by atoms with Crippen molar-refractivity contribution in [3.8, 4) is 11.5 Å². The lowest BCUT2D eigenvalue weighted by molar-refractivity contribution is -0.143. The number of hydrogen-bond acceptors (Lipinski definition) is 16. The van der Waals surface area contributed by atoms with Gasteiger partial charge in [0.05, 0.1) is 13.2 Å². The van der Waals surface area contributed by atoms with Gasteiger partial charge in [-0.2, -0.15) is 0 Å². The Morgan fingerprint density at radius 2 is 0.785 bits per heavy atom. The first kappa shape index (κ1) is 56.2. The predicted octanol–water partition coefficient (Wildman–Crippen LogP) is 7.26. The fourth-order valence-corrected chi connectivity index (χ4v) is 10.1. The van der Waals surface area contributed by atoms with E-state index >= 15 is 0 Å². The molecule has 0 amide bonds. The number of rotatable bonds is 32. The third kappa shape index (κ3) is 18.8. The van der Waals surface area contributed by atoms with Crippen molar-refractivity contribution in [2.45, 2.75) is 84.1 Å². The Morgan fingerprint density at radius 3 is 1.06 bits per heavy atom. The molecule has 18 heteroatoms. The van der Waals surface area contributed by atoms with Gasteiger partial charge in [-0.25, -0.2) is 19.2 Å². The van der Waals surface area contributed by atoms with E-state index in [2.05, 4.69) is 40.2 Å². The van der Waals surface area contributed by atoms with Gasteiger partial charge in [-0.1, -0.05) is 64.4 Å². The first-order valence-electron chi connectivity index (χ1n) is 21.0. The van der Waals surface area contributed by atoms with E-state index in [-0.39, 0.29) is 50.8 Å². The lowest BCUT2D eigenvalue weighted by atomic mass is 9.78. The van der Waals surface area contributed by atoms with Gasteiger partial charge in [0, 0.05) is 68.2 Å². The van der Waals surface area contributed by atoms with Crippen LogP contribution in [0.1, 0.15) is 65.5 Å². The predicted molar refractivity (Wildman–Crippen MR) is 247 cm³/mol. The second kappa shape index (κ2) is 27.5. The van der Waals surface area contributed by atoms with Crippen molar-refractivity contribution in [2.24, 2.45) is 0 Å². The van der Waals surface area contributed by atoms with Crippen molar-refractivity contribution in [3.05, 3.63) is 108 Å². The Balaban J connectivity index is 2.17. The molecular weight excluding hydrogens is 877 g/mol. The molecule has 16 nitrogen and oxygen atoms in total. The molecule has 0 aliphatic carbocycles. The molecule has 2 unspecified atom stereocenters. The molecule has 360 valence electrons. The summed E-state index contributed by atoms with van der Waals surface area (Å²) in [6, 6.07) is 15.9. The van der Waals surface area contributed by atoms with E-state index in [0.717, 1.165) is 11.1 Å². The molecule has 0 spiro atoms. The zero-order valence-electron chi connectivity index (χ0n) is 39.7. The van der Waals surface area contributed by atoms with Crippen LogP contribution in [-0.2, 0) is 70.1 Å². The Hall–Kier alpha value is -4.93. The molecule has 0 saturated carbocycles. The fraction of sp³-hybridized carbons (Fsp3) is 0.489. The van der Waals surface area contributed by atoms with E-state index in [0.29, 0.717) is 47.6 Å². The topological polar surface area (TPSA) is 179 Å². The highest BCUT2D eigenvalue weighted by Gasteiger charge is 2.43. The summed E-state index contributed by atoms with van der Waals surface area (Å²) >= 11 is 0. The molecule has 65 heavy (non-hydrogen) atoms. The smallest absolute Gasteiger partial charge is 0.491 e. The molecule has 2 rings (SSSR count). The van der Waals surface area contributed by atoms with Gasteiger partial charge in [-0.05, 0) is 75.9 Å². The molecule has 2 atom stereocenters. The van der Waals surface area contributed by atoms with Crippen LogP contribution in [0.15, 0.2) is 97.1 Å². The summed E-state index contributed by atoms with van der Waals surface area (Å²) < 4.78 is 69.3. The minimum absolute atomic E-state index is 0.00487. The van der Waals surface area contributed by atoms with Crippen LogP contribution >= 0.6 is 0 Å². The van der Waals surface area contributed by atoms with Gasteiger partial charge in [0.15, 0.2) is 0 Å². The SMILES string of the molecule is C=C(C)C(=O)OCCC[Si](OC)(OC)OC(COC(=O)C(=C)C)COc1ccc(C(C)(C)c2ccc(OCC(COC(=O)C(=C)C)O[Si](CCCOC(=O)C(=C)C)(OC)OC)cc2)cc1. The van der Waals surface area contributed by atoms with E-state index in [9.17, 15) is 19.2 Å². The summed E-state index contributed by atoms with van der Waals surface area (Å²) in [5.41, 5.74) is 2.62. The highest BCUT2D eigenvalue weighted by atomic mass is 28.4. The van der Waals surface area contributed by atoms with E-state index < -0.39 is 59.1 Å². The lowest BCUT2D eigenvalue weighted by Gasteiger charge is -2.31. The van der Waals surface area contributed by atoms with E-state index in [1.54, 1.807) is 27.7 Å². The average molecular weight is 945 g/mol. The maximum atomic E-state index is 12.3. The van der Waals surface area contributed by atoms with E-state index in [1.807, 2.05) is 48.5 Å². The number of carbonyl (C=O) groups excluding carboxylic acids is 4. The minimum Gasteiger partial charge on any atom is -0.491 e. The molecule has 0 radical (unpaired) electrons. The molecule has 0 aromatic heterocycles. The van der Waals surface area contributed by atoms with Crippen molar-refractivity contribution in [1.29, 1.82) is 0 Å². The molecule has 0 aliphatic heterocycles. The fourth-order valence-electron chi connectivity index (χ4n) is 5.84. The van der Waals surface area contributed by atoms with Gasteiger partial charge >= 0.3 is 41.5 Å². The summed E-state index contributed by atoms with van der Waals surface area (Å²) in [4.78, 5) is 48.3. The van der Waals surface area contributed by atoms with Gasteiger partial charge < -0.3 is 55.0 Å². The first-order chi connectivity index (χ1) is 30.7. The van der Waals surface area contributed by atoms with Crippen molar-refractivity contribution < 1.29 is 74.2 Å². The van der Waals surface area contributed by atoms with Crippen LogP contribution in [0.25, 0.3) is 0 Å². The maximum absolute atomic E-state index is 12.3. The van der Waals surface area contributed by atoms with Crippen LogP contribution in [0.4, 0.5) is 0 Å². The maximum Gasteiger partial charge on any atom is 0.501 e. The van der Waals surface area contributed by atoms with E-state index in [1.165, 1.54) is 28.4 Å². The van der Waals surface area contributed by atoms with Crippen LogP contribution in [0, 0.1) is 0 Å². The lowest BCUT2D eigenvalue weighted by Crippen LogP contribution is -2.49. The Labute approximate surface area is 386 Å². The molecular formula is C47H68O16Si2. The number of hydrogen-bond donors (Lipinski definition) is 0. The molecule has 0 fully saturated rings. The molecule has 0 bridgehead atoms. The third-order valence-electron chi connectivity index (χ3n) is 9.88. The second-order valence-electron chi connectivity index (χ2n) is 15.8. The number of benzene rings is 2. The zero-order chi connectivity index (χ0) is 48.8. The summed E-state index contributed by atoms with van der Waals surface area (Å²) in [7, 11) is -0.768. The van der Waals surface area contributed by atoms with Gasteiger partial charge in [0.2, 0.25) is 0 Å². The standard InChI is InChI=1S/C47H68O16Si2/c1-33(2)43(48)56-25-15-27-64(52-11,53-12)62-41(31-60-45(50)35(5)6)29-58-39-21-17-37(18-22-39)47(9,10)38-19-23-40(24-20-38)59-30-42(32-61-46(51)36(7)8)63-65(54-13,55-14)28-16-26-57-44(49)34(3)4/h17-24,41-42H,1,3,5,7,15-16,25-32H2,2,4,6,8-14H3. The number of carbonyl (C=O) groups is 4. The zero-order valence-corrected chi connectivity index (χ0v) is 41.7. The van der Waals surface area contributed by atoms with Gasteiger partial charge in [0.1, 0.15) is 50.1 Å². The van der Waals surface area contributed by atoms with Gasteiger partial charge in [-0.15, -0.1) is 0 Å². The van der Waals surface area contributed by atoms with Crippen LogP contribution in [0.3, 0.4) is 0 Å². The van der Waals surface area contributed by atoms with Crippen molar-refractivity contribution in [3.63, 3.8) is 0 Å². The Morgan fingerprint density at radius 1 is 0.492 bits per heavy atom. The normalized spacial score (nSPS) is 12.6. The molecule has 2 aromatic carbocycles. The highest BCUT2D eigenvalue weighted by molar-refractivity contribution is 6.61. The molecule has 0 N–H and O–H groups in total. The van der Waals surface area contributed by atoms with Crippen LogP contribution < -0.4 is 9.47 Å². The van der Waals surface area contributed by atoms with Crippen LogP contribution in [0.2, 0.25) is 12.1 Å². The number of esters is 4. The quantitative estimate of drug-likeness (QED) is 0.0235. The molecule has 0 aliphatic rings. The summed E-state index contributed by atoms with van der Waals surface area (Å²) in [6.07, 6.45) is -0.755. The van der Waals surface area contributed by atoms with Gasteiger partial charge in [-0.3, -0.25) is 0 Å². The number of ether oxygens (including phenoxy) is 6. The van der Waals surface area contributed by atoms with Crippen LogP contribution in [0.5, 0.6) is 11.5 Å². The third-order valence-corrected chi connectivity index (χ3v) is 15.7. The monoisotopic (exact) mass is 944 g/mol.